The van der Waals surface area contributed by atoms with Crippen molar-refractivity contribution in [2.45, 2.75) is 0 Å². The minimum absolute atomic E-state index is 0.110. The van der Waals surface area contributed by atoms with Gasteiger partial charge in [-0.1, -0.05) is 6.07 Å². The molecule has 108 valence electrons. The van der Waals surface area contributed by atoms with Gasteiger partial charge < -0.3 is 9.64 Å². The van der Waals surface area contributed by atoms with E-state index in [4.69, 9.17) is 4.74 Å². The fourth-order valence-electron chi connectivity index (χ4n) is 1.55. The summed E-state index contributed by atoms with van der Waals surface area (Å²) in [7, 11) is 3.30. The van der Waals surface area contributed by atoms with Crippen LogP contribution in [0.25, 0.3) is 6.08 Å². The first-order chi connectivity index (χ1) is 10.1. The first-order valence-corrected chi connectivity index (χ1v) is 6.33. The van der Waals surface area contributed by atoms with Crippen molar-refractivity contribution in [3.63, 3.8) is 0 Å². The van der Waals surface area contributed by atoms with Crippen LogP contribution in [0.15, 0.2) is 48.8 Å². The van der Waals surface area contributed by atoms with E-state index in [1.54, 1.807) is 44.6 Å². The number of pyridine rings is 1. The highest BCUT2D eigenvalue weighted by molar-refractivity contribution is 5.91. The summed E-state index contributed by atoms with van der Waals surface area (Å²) in [6, 6.07) is 7.90. The Morgan fingerprint density at radius 3 is 2.76 bits per heavy atom. The van der Waals surface area contributed by atoms with Crippen molar-refractivity contribution >= 4 is 12.0 Å². The molecule has 0 fully saturated rings. The van der Waals surface area contributed by atoms with Crippen molar-refractivity contribution in [3.05, 3.63) is 60.2 Å². The summed E-state index contributed by atoms with van der Waals surface area (Å²) in [5, 5.41) is 0. The minimum atomic E-state index is -0.502. The Morgan fingerprint density at radius 2 is 2.14 bits per heavy atom. The number of likely N-dealkylation sites (N-methyl/N-ethyl adjacent to an activating group) is 1. The molecule has 1 heterocycles. The van der Waals surface area contributed by atoms with Crippen LogP contribution < -0.4 is 4.74 Å². The number of carbonyl (C=O) groups excluding carboxylic acids is 1. The number of hydrogen-bond donors (Lipinski definition) is 0. The average Bonchev–Trinajstić information content (AvgIpc) is 2.48. The van der Waals surface area contributed by atoms with Crippen LogP contribution in [0.2, 0.25) is 0 Å². The third kappa shape index (κ3) is 4.14. The van der Waals surface area contributed by atoms with Crippen LogP contribution in [0.4, 0.5) is 4.39 Å². The Balaban J connectivity index is 2.12. The van der Waals surface area contributed by atoms with Crippen LogP contribution in [0.5, 0.6) is 11.5 Å². The van der Waals surface area contributed by atoms with E-state index in [0.29, 0.717) is 11.3 Å². The average molecular weight is 286 g/mol. The number of benzene rings is 1. The number of nitrogens with zero attached hydrogens (tertiary/aromatic N) is 2. The highest BCUT2D eigenvalue weighted by Crippen LogP contribution is 2.24. The molecular weight excluding hydrogens is 271 g/mol. The van der Waals surface area contributed by atoms with Gasteiger partial charge in [0, 0.05) is 26.4 Å². The Kier molecular flexibility index (Phi) is 4.66. The van der Waals surface area contributed by atoms with Crippen molar-refractivity contribution in [1.29, 1.82) is 0 Å². The van der Waals surface area contributed by atoms with Gasteiger partial charge in [-0.15, -0.1) is 0 Å². The summed E-state index contributed by atoms with van der Waals surface area (Å²) >= 11 is 0. The van der Waals surface area contributed by atoms with E-state index in [9.17, 15) is 9.18 Å². The van der Waals surface area contributed by atoms with Crippen LogP contribution in [0.3, 0.4) is 0 Å². The van der Waals surface area contributed by atoms with Gasteiger partial charge in [0.15, 0.2) is 11.6 Å². The molecular formula is C16H15FN2O2. The first kappa shape index (κ1) is 14.7. The lowest BCUT2D eigenvalue weighted by Crippen LogP contribution is -2.18. The predicted octanol–water partition coefficient (Wildman–Crippen LogP) is 3.11. The van der Waals surface area contributed by atoms with Crippen LogP contribution in [0.1, 0.15) is 5.56 Å². The zero-order chi connectivity index (χ0) is 15.2. The molecule has 0 bridgehead atoms. The van der Waals surface area contributed by atoms with Crippen molar-refractivity contribution in [1.82, 2.24) is 9.88 Å². The summed E-state index contributed by atoms with van der Waals surface area (Å²) in [5.74, 6) is -0.0917. The second kappa shape index (κ2) is 6.65. The molecule has 2 rings (SSSR count). The SMILES string of the molecule is CN(C)C(=O)/C=C\c1ccc(Oc2cccnc2)c(F)c1. The Morgan fingerprint density at radius 1 is 1.33 bits per heavy atom. The van der Waals surface area contributed by atoms with E-state index in [0.717, 1.165) is 0 Å². The Bertz CT molecular complexity index is 655. The van der Waals surface area contributed by atoms with Gasteiger partial charge in [-0.3, -0.25) is 9.78 Å². The van der Waals surface area contributed by atoms with Crippen molar-refractivity contribution < 1.29 is 13.9 Å². The van der Waals surface area contributed by atoms with E-state index < -0.39 is 5.82 Å². The molecule has 1 amide bonds. The number of ether oxygens (including phenoxy) is 1. The van der Waals surface area contributed by atoms with Gasteiger partial charge >= 0.3 is 0 Å². The fraction of sp³-hybridized carbons (Fsp3) is 0.125. The second-order valence-corrected chi connectivity index (χ2v) is 4.55. The Hall–Kier alpha value is -2.69. The molecule has 1 aromatic heterocycles. The number of amides is 1. The van der Waals surface area contributed by atoms with Crippen molar-refractivity contribution in [2.24, 2.45) is 0 Å². The van der Waals surface area contributed by atoms with Crippen LogP contribution >= 0.6 is 0 Å². The lowest BCUT2D eigenvalue weighted by Gasteiger charge is -2.07. The topological polar surface area (TPSA) is 42.4 Å². The summed E-state index contributed by atoms with van der Waals surface area (Å²) in [4.78, 5) is 16.8. The maximum atomic E-state index is 13.9. The van der Waals surface area contributed by atoms with E-state index in [2.05, 4.69) is 4.98 Å². The van der Waals surface area contributed by atoms with Gasteiger partial charge in [0.2, 0.25) is 5.91 Å². The summed E-state index contributed by atoms with van der Waals surface area (Å²) in [5.41, 5.74) is 0.584. The van der Waals surface area contributed by atoms with Crippen LogP contribution in [-0.2, 0) is 4.79 Å². The van der Waals surface area contributed by atoms with E-state index >= 15 is 0 Å². The first-order valence-electron chi connectivity index (χ1n) is 6.33. The molecule has 2 aromatic rings. The van der Waals surface area contributed by atoms with Crippen molar-refractivity contribution in [3.8, 4) is 11.5 Å². The van der Waals surface area contributed by atoms with Gasteiger partial charge in [0.25, 0.3) is 0 Å². The largest absolute Gasteiger partial charge is 0.453 e. The summed E-state index contributed by atoms with van der Waals surface area (Å²) in [6.07, 6.45) is 6.05. The van der Waals surface area contributed by atoms with Crippen LogP contribution in [-0.4, -0.2) is 29.9 Å². The molecule has 0 unspecified atom stereocenters. The molecule has 4 nitrogen and oxygen atoms in total. The summed E-state index contributed by atoms with van der Waals surface area (Å²) in [6.45, 7) is 0. The maximum absolute atomic E-state index is 13.9. The number of aromatic nitrogens is 1. The number of rotatable bonds is 4. The standard InChI is InChI=1S/C16H15FN2O2/c1-19(2)16(20)8-6-12-5-7-15(14(17)10-12)21-13-4-3-9-18-11-13/h3-11H,1-2H3/b8-6-. The third-order valence-corrected chi connectivity index (χ3v) is 2.68. The number of hydrogen-bond acceptors (Lipinski definition) is 3. The molecule has 21 heavy (non-hydrogen) atoms. The van der Waals surface area contributed by atoms with E-state index in [1.165, 1.54) is 29.3 Å². The fourth-order valence-corrected chi connectivity index (χ4v) is 1.55. The number of halogens is 1. The molecule has 0 N–H and O–H groups in total. The highest BCUT2D eigenvalue weighted by Gasteiger charge is 2.05. The van der Waals surface area contributed by atoms with Gasteiger partial charge in [-0.2, -0.15) is 0 Å². The van der Waals surface area contributed by atoms with E-state index in [1.807, 2.05) is 0 Å². The van der Waals surface area contributed by atoms with Gasteiger partial charge in [0.1, 0.15) is 5.75 Å². The molecule has 1 aromatic carbocycles. The number of carbonyl (C=O) groups is 1. The Labute approximate surface area is 122 Å². The predicted molar refractivity (Wildman–Crippen MR) is 78.4 cm³/mol. The van der Waals surface area contributed by atoms with Gasteiger partial charge in [0.05, 0.1) is 6.20 Å². The molecule has 0 saturated heterocycles. The molecule has 5 heteroatoms. The molecule has 0 radical (unpaired) electrons. The normalized spacial score (nSPS) is 10.6. The zero-order valence-electron chi connectivity index (χ0n) is 11.8. The minimum Gasteiger partial charge on any atom is -0.453 e. The maximum Gasteiger partial charge on any atom is 0.246 e. The van der Waals surface area contributed by atoms with Gasteiger partial charge in [-0.05, 0) is 35.9 Å². The van der Waals surface area contributed by atoms with Gasteiger partial charge in [-0.25, -0.2) is 4.39 Å². The zero-order valence-corrected chi connectivity index (χ0v) is 11.8. The highest BCUT2D eigenvalue weighted by atomic mass is 19.1. The summed E-state index contributed by atoms with van der Waals surface area (Å²) < 4.78 is 19.3. The third-order valence-electron chi connectivity index (χ3n) is 2.68. The monoisotopic (exact) mass is 286 g/mol. The second-order valence-electron chi connectivity index (χ2n) is 4.55. The van der Waals surface area contributed by atoms with E-state index in [-0.39, 0.29) is 11.7 Å². The van der Waals surface area contributed by atoms with Crippen molar-refractivity contribution in [2.75, 3.05) is 14.1 Å². The van der Waals surface area contributed by atoms with Crippen LogP contribution in [0, 0.1) is 5.82 Å². The molecule has 0 spiro atoms. The quantitative estimate of drug-likeness (QED) is 0.811. The lowest BCUT2D eigenvalue weighted by molar-refractivity contribution is -0.123. The molecule has 0 saturated carbocycles. The lowest BCUT2D eigenvalue weighted by atomic mass is 10.2. The molecule has 0 aliphatic rings. The smallest absolute Gasteiger partial charge is 0.246 e. The molecule has 0 aliphatic heterocycles. The molecule has 0 aliphatic carbocycles. The molecule has 0 atom stereocenters.